The van der Waals surface area contributed by atoms with E-state index < -0.39 is 17.7 Å². The summed E-state index contributed by atoms with van der Waals surface area (Å²) < 4.78 is 39.0. The van der Waals surface area contributed by atoms with Crippen LogP contribution in [0.1, 0.15) is 145 Å². The Bertz CT molecular complexity index is 6450. The van der Waals surface area contributed by atoms with Crippen LogP contribution >= 0.6 is 0 Å². The Hall–Kier alpha value is -17.4. The molecule has 1 saturated heterocycles. The first-order valence-corrected chi connectivity index (χ1v) is 40.1. The predicted molar refractivity (Wildman–Crippen MR) is 494 cm³/mol. The SMILES string of the molecule is COc1cc2c(cc1Nc1ncnc(N)c1C(=O)N(C)C)C=NC2.COc1cc2c(cc1Nc1ncnc(N)c1C(=O)N1CCOCC1)C=NC2.COc1cc2c(cc1Nc1ncnc(N)c1C(=O)O)C=NC2.COc1cc2c(cc1Nc1ncnc(NC(C)=O)c1C(C)=O)C=NC2.COc1cc2c(cnn2C(=O)OC(C)(C)C)cc1Nc1ncnc(NC(C)=O)c1C(C)=O.O=CO. The number of carboxylic acid groups (broad SMARTS) is 2. The number of Topliss-reactive ketones (excluding diaryl/α,β-unsaturated/α-hetero) is 2. The van der Waals surface area contributed by atoms with Crippen molar-refractivity contribution in [3.8, 4) is 28.7 Å². The van der Waals surface area contributed by atoms with E-state index in [0.717, 1.165) is 49.2 Å². The van der Waals surface area contributed by atoms with Gasteiger partial charge in [-0.25, -0.2) is 59.4 Å². The van der Waals surface area contributed by atoms with E-state index in [4.69, 9.17) is 60.3 Å². The van der Waals surface area contributed by atoms with Crippen molar-refractivity contribution in [3.63, 3.8) is 0 Å². The number of carbonyl (C=O) groups excluding carboxylic acids is 7. The van der Waals surface area contributed by atoms with Crippen molar-refractivity contribution >= 4 is 176 Å². The molecule has 5 aliphatic rings. The zero-order chi connectivity index (χ0) is 96.1. The maximum atomic E-state index is 13.0. The largest absolute Gasteiger partial charge is 0.495 e. The van der Waals surface area contributed by atoms with Crippen molar-refractivity contribution < 1.29 is 86.5 Å². The molecule has 15 N–H and O–H groups in total. The number of morpholine rings is 1. The van der Waals surface area contributed by atoms with Crippen LogP contribution in [0.2, 0.25) is 0 Å². The number of benzene rings is 5. The van der Waals surface area contributed by atoms with E-state index in [1.165, 1.54) is 84.6 Å². The highest BCUT2D eigenvalue weighted by molar-refractivity contribution is 6.09. The average Bonchev–Trinajstić information content (AvgIpc) is 1.64. The number of methoxy groups -OCH3 is 5. The second-order valence-corrected chi connectivity index (χ2v) is 30.0. The first-order chi connectivity index (χ1) is 63.7. The second kappa shape index (κ2) is 43.4. The van der Waals surface area contributed by atoms with Gasteiger partial charge in [0.1, 0.15) is 146 Å². The molecule has 0 bridgehead atoms. The Morgan fingerprint density at radius 2 is 0.767 bits per heavy atom. The smallest absolute Gasteiger partial charge is 0.435 e. The van der Waals surface area contributed by atoms with Crippen molar-refractivity contribution in [1.82, 2.24) is 69.4 Å². The van der Waals surface area contributed by atoms with E-state index in [1.54, 1.807) is 91.9 Å². The third-order valence-corrected chi connectivity index (χ3v) is 19.5. The number of fused-ring (bicyclic) bond motifs is 5. The van der Waals surface area contributed by atoms with Gasteiger partial charge in [0.15, 0.2) is 17.4 Å². The molecule has 0 atom stereocenters. The van der Waals surface area contributed by atoms with Crippen molar-refractivity contribution in [1.29, 1.82) is 0 Å². The number of aromatic nitrogens is 12. The van der Waals surface area contributed by atoms with Gasteiger partial charge in [-0.2, -0.15) is 9.78 Å². The number of ether oxygens (including phenoxy) is 7. The van der Waals surface area contributed by atoms with Gasteiger partial charge < -0.3 is 108 Å². The normalized spacial score (nSPS) is 12.3. The number of aliphatic imine (C=N–C) groups is 4. The quantitative estimate of drug-likeness (QED) is 0.0222. The van der Waals surface area contributed by atoms with E-state index in [-0.39, 0.29) is 110 Å². The van der Waals surface area contributed by atoms with E-state index in [0.29, 0.717) is 138 Å². The Labute approximate surface area is 758 Å². The van der Waals surface area contributed by atoms with Crippen LogP contribution in [0.25, 0.3) is 10.9 Å². The van der Waals surface area contributed by atoms with Gasteiger partial charge in [-0.3, -0.25) is 53.5 Å². The summed E-state index contributed by atoms with van der Waals surface area (Å²) in [6.45, 7) is 15.0. The molecule has 16 rings (SSSR count). The number of hydrogen-bond acceptors (Lipinski definition) is 39. The molecular formula is C87H94N28O18. The van der Waals surface area contributed by atoms with Gasteiger partial charge in [0.05, 0.1) is 115 Å². The summed E-state index contributed by atoms with van der Waals surface area (Å²) in [6.07, 6.45) is 14.4. The van der Waals surface area contributed by atoms with Gasteiger partial charge in [0.2, 0.25) is 11.8 Å². The topological polar surface area (TPSA) is 624 Å². The van der Waals surface area contributed by atoms with Crippen LogP contribution in [-0.4, -0.2) is 240 Å². The number of carbonyl (C=O) groups is 9. The molecule has 133 heavy (non-hydrogen) atoms. The molecule has 46 heteroatoms. The lowest BCUT2D eigenvalue weighted by molar-refractivity contribution is -0.123. The standard InChI is InChI=1S/C21H24N6O5.C18H20N6O3.C17H17N5O3.C16H18N6O2.C14H13N5O3.CH2O2/c1-11(28)17-18(25-12(2)29)22-10-23-19(17)26-14-7-13-9-24-27(15(13)8-16(14)31-6)20(30)32-21(3,4)5;1-26-14-7-12-9-20-8-11(12)6-13(14)23-17-15(16(19)21-10-22-17)18(25)24-2-4-27-5-3-24;1-9(23)15-16(21-10(2)24)19-8-20-17(15)22-13-4-11-6-18-7-12(11)5-14(13)25-3;1-22(2)16(23)13-14(17)19-8-20-15(13)21-11-4-9-6-18-7-10(9)5-12(11)24-3;1-22-10-3-8-5-16-4-7(8)2-9(10)19-13-11(14(20)21)12(15)17-6-18-13;2-1-3/h7-10H,1-6H3,(H2,22,23,25,26,29);6-8,10H,2-5,9H2,1H3,(H3,19,21,22,23);4-6,8H,7H2,1-3H3,(H2,19,20,21,22,24);4-6,8H,7H2,1-3H3,(H3,17,19,20,21);2-4,6H,5H2,1H3,(H,20,21)(H3,15,17,18,19);1H,(H,2,3). The van der Waals surface area contributed by atoms with Gasteiger partial charge in [-0.15, -0.1) is 0 Å². The van der Waals surface area contributed by atoms with Crippen molar-refractivity contribution in [2.45, 2.75) is 80.2 Å². The third-order valence-electron chi connectivity index (χ3n) is 19.5. The third kappa shape index (κ3) is 23.5. The molecule has 0 spiro atoms. The molecule has 5 aromatic carbocycles. The summed E-state index contributed by atoms with van der Waals surface area (Å²) >= 11 is 0. The molecule has 690 valence electrons. The van der Waals surface area contributed by atoms with E-state index in [9.17, 15) is 43.5 Å². The van der Waals surface area contributed by atoms with Crippen LogP contribution in [-0.2, 0) is 50.0 Å². The molecule has 6 aromatic heterocycles. The molecule has 0 saturated carbocycles. The number of nitrogens with zero attached hydrogens (tertiary/aromatic N) is 18. The minimum Gasteiger partial charge on any atom is -0.495 e. The predicted octanol–water partition coefficient (Wildman–Crippen LogP) is 9.65. The van der Waals surface area contributed by atoms with Crippen LogP contribution in [0.4, 0.5) is 91.4 Å². The molecule has 11 aromatic rings. The maximum Gasteiger partial charge on any atom is 0.435 e. The summed E-state index contributed by atoms with van der Waals surface area (Å²) in [5.74, 6) is 1.48. The number of rotatable bonds is 22. The van der Waals surface area contributed by atoms with E-state index >= 15 is 0 Å². The number of nitrogens with one attached hydrogen (secondary N) is 7. The van der Waals surface area contributed by atoms with E-state index in [1.807, 2.05) is 54.7 Å². The molecule has 5 aliphatic heterocycles. The molecule has 0 aliphatic carbocycles. The molecule has 46 nitrogen and oxygen atoms in total. The summed E-state index contributed by atoms with van der Waals surface area (Å²) in [5, 5.41) is 41.4. The number of ketones is 2. The Balaban J connectivity index is 0.000000160. The summed E-state index contributed by atoms with van der Waals surface area (Å²) in [4.78, 5) is 165. The Morgan fingerprint density at radius 3 is 1.11 bits per heavy atom. The lowest BCUT2D eigenvalue weighted by Crippen LogP contribution is -2.41. The molecule has 1 fully saturated rings. The lowest BCUT2D eigenvalue weighted by atomic mass is 10.1. The van der Waals surface area contributed by atoms with Crippen LogP contribution in [0.5, 0.6) is 28.7 Å². The van der Waals surface area contributed by atoms with Crippen LogP contribution in [0.15, 0.2) is 118 Å². The zero-order valence-electron chi connectivity index (χ0n) is 74.5. The van der Waals surface area contributed by atoms with E-state index in [2.05, 4.69) is 112 Å². The highest BCUT2D eigenvalue weighted by Gasteiger charge is 2.30. The fourth-order valence-electron chi connectivity index (χ4n) is 13.4. The van der Waals surface area contributed by atoms with Crippen LogP contribution in [0, 0.1) is 0 Å². The molecule has 0 unspecified atom stereocenters. The molecule has 11 heterocycles. The first kappa shape index (κ1) is 96.3. The number of aromatic carboxylic acids is 1. The van der Waals surface area contributed by atoms with Crippen molar-refractivity contribution in [2.75, 3.05) is 130 Å². The number of nitrogen functional groups attached to an aromatic ring is 3. The minimum atomic E-state index is -1.21. The highest BCUT2D eigenvalue weighted by atomic mass is 16.6. The summed E-state index contributed by atoms with van der Waals surface area (Å²) in [5.41, 5.74) is 29.2. The van der Waals surface area contributed by atoms with Crippen LogP contribution in [0.3, 0.4) is 0 Å². The van der Waals surface area contributed by atoms with Gasteiger partial charge >= 0.3 is 12.1 Å². The fourth-order valence-corrected chi connectivity index (χ4v) is 13.4. The molecule has 4 amide bonds. The van der Waals surface area contributed by atoms with Gasteiger partial charge in [0, 0.05) is 77.3 Å². The van der Waals surface area contributed by atoms with Crippen LogP contribution < -0.4 is 78.1 Å². The monoisotopic (exact) mass is 1820 g/mol. The lowest BCUT2D eigenvalue weighted by Gasteiger charge is -2.27. The van der Waals surface area contributed by atoms with Crippen molar-refractivity contribution in [3.05, 3.63) is 171 Å². The summed E-state index contributed by atoms with van der Waals surface area (Å²) in [6, 6.07) is 18.5. The average molecular weight is 1820 g/mol. The minimum absolute atomic E-state index is 0.0975. The van der Waals surface area contributed by atoms with Gasteiger partial charge in [-0.1, -0.05) is 0 Å². The number of anilines is 15. The number of amides is 4. The fraction of sp³-hybridized carbons (Fsp3) is 0.264. The Kier molecular flexibility index (Phi) is 31.4. The summed E-state index contributed by atoms with van der Waals surface area (Å²) in [7, 11) is 11.0. The number of hydrogen-bond donors (Lipinski definition) is 12. The van der Waals surface area contributed by atoms with Crippen molar-refractivity contribution in [2.24, 2.45) is 20.0 Å². The molecule has 0 radical (unpaired) electrons. The highest BCUT2D eigenvalue weighted by Crippen LogP contribution is 2.41. The first-order valence-electron chi connectivity index (χ1n) is 40.1. The molecular weight excluding hydrogens is 1730 g/mol. The second-order valence-electron chi connectivity index (χ2n) is 30.0. The maximum absolute atomic E-state index is 13.0. The number of carboxylic acids is 1. The van der Waals surface area contributed by atoms with Gasteiger partial charge in [0.25, 0.3) is 18.3 Å². The Morgan fingerprint density at radius 1 is 0.451 bits per heavy atom. The van der Waals surface area contributed by atoms with Gasteiger partial charge in [-0.05, 0) is 134 Å². The zero-order valence-corrected chi connectivity index (χ0v) is 74.5. The number of nitrogens with two attached hydrogens (primary N) is 3.